The van der Waals surface area contributed by atoms with Crippen molar-refractivity contribution in [2.24, 2.45) is 0 Å². The third-order valence-corrected chi connectivity index (χ3v) is 5.37. The van der Waals surface area contributed by atoms with Crippen molar-refractivity contribution in [3.63, 3.8) is 0 Å². The number of aromatic nitrogens is 1. The number of nitrogens with zero attached hydrogens (tertiary/aromatic N) is 2. The molecule has 2 aromatic carbocycles. The molecule has 1 N–H and O–H groups in total. The van der Waals surface area contributed by atoms with Crippen LogP contribution in [0.3, 0.4) is 0 Å². The summed E-state index contributed by atoms with van der Waals surface area (Å²) in [7, 11) is 2.15. The molecule has 1 aliphatic rings. The molecule has 0 radical (unpaired) electrons. The summed E-state index contributed by atoms with van der Waals surface area (Å²) in [6.45, 7) is 4.64. The largest absolute Gasteiger partial charge is 0.478 e. The number of hydrogen-bond donors (Lipinski definition) is 1. The number of allylic oxidation sites excluding steroid dienone is 1. The van der Waals surface area contributed by atoms with Gasteiger partial charge in [0, 0.05) is 48.7 Å². The van der Waals surface area contributed by atoms with Crippen LogP contribution in [0.25, 0.3) is 16.5 Å². The topological polar surface area (TPSA) is 45.5 Å². The van der Waals surface area contributed by atoms with Crippen LogP contribution in [0.5, 0.6) is 0 Å². The number of aliphatic carboxylic acids is 1. The minimum atomic E-state index is -0.908. The Bertz CT molecular complexity index is 1030. The molecule has 1 aliphatic heterocycles. The van der Waals surface area contributed by atoms with Gasteiger partial charge in [-0.25, -0.2) is 4.79 Å². The second-order valence-electron chi connectivity index (χ2n) is 7.39. The van der Waals surface area contributed by atoms with Crippen LogP contribution in [0.4, 0.5) is 0 Å². The summed E-state index contributed by atoms with van der Waals surface area (Å²) >= 11 is 0. The van der Waals surface area contributed by atoms with Gasteiger partial charge < -0.3 is 14.6 Å². The molecule has 0 amide bonds. The fraction of sp³-hybridized carbons (Fsp3) is 0.261. The van der Waals surface area contributed by atoms with E-state index in [1.165, 1.54) is 33.8 Å². The Labute approximate surface area is 159 Å². The predicted molar refractivity (Wildman–Crippen MR) is 109 cm³/mol. The number of hydrogen-bond acceptors (Lipinski definition) is 2. The number of carboxylic acids is 1. The molecular weight excluding hydrogens is 336 g/mol. The highest BCUT2D eigenvalue weighted by Crippen LogP contribution is 2.33. The number of aryl methyl sites for hydroxylation is 1. The maximum atomic E-state index is 11.5. The smallest absolute Gasteiger partial charge is 0.328 e. The first-order valence-electron chi connectivity index (χ1n) is 9.31. The van der Waals surface area contributed by atoms with Crippen molar-refractivity contribution < 1.29 is 9.90 Å². The van der Waals surface area contributed by atoms with Crippen molar-refractivity contribution in [3.05, 3.63) is 77.0 Å². The van der Waals surface area contributed by atoms with Gasteiger partial charge in [-0.2, -0.15) is 0 Å². The van der Waals surface area contributed by atoms with Crippen LogP contribution in [0.15, 0.2) is 54.6 Å². The van der Waals surface area contributed by atoms with E-state index in [2.05, 4.69) is 41.6 Å². The lowest BCUT2D eigenvalue weighted by molar-refractivity contribution is -0.131. The van der Waals surface area contributed by atoms with Gasteiger partial charge in [-0.15, -0.1) is 0 Å². The van der Waals surface area contributed by atoms with Crippen LogP contribution in [-0.4, -0.2) is 34.1 Å². The van der Waals surface area contributed by atoms with Gasteiger partial charge in [-0.3, -0.25) is 0 Å². The average molecular weight is 360 g/mol. The van der Waals surface area contributed by atoms with E-state index in [1.54, 1.807) is 0 Å². The van der Waals surface area contributed by atoms with E-state index < -0.39 is 5.97 Å². The quantitative estimate of drug-likeness (QED) is 0.712. The highest BCUT2D eigenvalue weighted by atomic mass is 16.4. The summed E-state index contributed by atoms with van der Waals surface area (Å²) in [5, 5.41) is 10.7. The fourth-order valence-corrected chi connectivity index (χ4v) is 4.07. The second kappa shape index (κ2) is 7.05. The van der Waals surface area contributed by atoms with E-state index in [4.69, 9.17) is 0 Å². The molecule has 0 unspecified atom stereocenters. The normalized spacial score (nSPS) is 15.1. The van der Waals surface area contributed by atoms with Crippen molar-refractivity contribution >= 4 is 22.4 Å². The van der Waals surface area contributed by atoms with Crippen LogP contribution >= 0.6 is 0 Å². The Morgan fingerprint density at radius 3 is 2.70 bits per heavy atom. The molecule has 4 nitrogen and oxygen atoms in total. The van der Waals surface area contributed by atoms with Gasteiger partial charge in [0.25, 0.3) is 0 Å². The van der Waals surface area contributed by atoms with Gasteiger partial charge in [0.1, 0.15) is 0 Å². The zero-order chi connectivity index (χ0) is 19.0. The summed E-state index contributed by atoms with van der Waals surface area (Å²) in [6.07, 6.45) is 2.32. The maximum Gasteiger partial charge on any atom is 0.328 e. The molecule has 27 heavy (non-hydrogen) atoms. The molecular formula is C23H24N2O2. The minimum Gasteiger partial charge on any atom is -0.478 e. The number of carboxylic acid groups (broad SMARTS) is 1. The lowest BCUT2D eigenvalue weighted by Gasteiger charge is -2.24. The van der Waals surface area contributed by atoms with Crippen LogP contribution in [0, 0.1) is 6.92 Å². The van der Waals surface area contributed by atoms with Crippen LogP contribution in [-0.2, 0) is 24.3 Å². The molecule has 138 valence electrons. The fourth-order valence-electron chi connectivity index (χ4n) is 4.07. The number of benzene rings is 2. The molecule has 4 heteroatoms. The predicted octanol–water partition coefficient (Wildman–Crippen LogP) is 4.11. The molecule has 4 rings (SSSR count). The molecule has 0 aliphatic carbocycles. The van der Waals surface area contributed by atoms with Crippen molar-refractivity contribution in [2.75, 3.05) is 13.6 Å². The van der Waals surface area contributed by atoms with E-state index in [9.17, 15) is 9.90 Å². The van der Waals surface area contributed by atoms with Gasteiger partial charge in [0.05, 0.1) is 0 Å². The van der Waals surface area contributed by atoms with Crippen molar-refractivity contribution in [3.8, 4) is 0 Å². The lowest BCUT2D eigenvalue weighted by atomic mass is 10.0. The maximum absolute atomic E-state index is 11.5. The van der Waals surface area contributed by atoms with E-state index in [1.807, 2.05) is 30.3 Å². The Morgan fingerprint density at radius 1 is 1.19 bits per heavy atom. The van der Waals surface area contributed by atoms with Crippen LogP contribution < -0.4 is 0 Å². The van der Waals surface area contributed by atoms with Gasteiger partial charge in [-0.1, -0.05) is 42.0 Å². The standard InChI is InChI=1S/C23H24N2O2/c1-16-8-9-21-19(12-16)20-15-24(2)11-10-22(20)25(21)14-18(13-23(26)27)17-6-4-3-5-7-17/h3-9,12-13H,10-11,14-15H2,1-2H3,(H,26,27)/b18-13-. The van der Waals surface area contributed by atoms with Gasteiger partial charge >= 0.3 is 5.97 Å². The first-order valence-corrected chi connectivity index (χ1v) is 9.31. The molecule has 0 saturated heterocycles. The molecule has 0 atom stereocenters. The number of rotatable bonds is 4. The number of carbonyl (C=O) groups is 1. The lowest BCUT2D eigenvalue weighted by Crippen LogP contribution is -2.27. The Hall–Kier alpha value is -2.85. The van der Waals surface area contributed by atoms with E-state index in [0.29, 0.717) is 6.54 Å². The average Bonchev–Trinajstić information content (AvgIpc) is 2.94. The molecule has 0 fully saturated rings. The Morgan fingerprint density at radius 2 is 1.96 bits per heavy atom. The van der Waals surface area contributed by atoms with Crippen LogP contribution in [0.1, 0.15) is 22.4 Å². The van der Waals surface area contributed by atoms with E-state index >= 15 is 0 Å². The van der Waals surface area contributed by atoms with Crippen molar-refractivity contribution in [1.29, 1.82) is 0 Å². The monoisotopic (exact) mass is 360 g/mol. The van der Waals surface area contributed by atoms with Gasteiger partial charge in [0.2, 0.25) is 0 Å². The first kappa shape index (κ1) is 17.6. The SMILES string of the molecule is Cc1ccc2c(c1)c1c(n2C/C(=C/C(=O)O)c2ccccc2)CCN(C)C1. The summed E-state index contributed by atoms with van der Waals surface area (Å²) in [5.74, 6) is -0.908. The number of likely N-dealkylation sites (N-methyl/N-ethyl adjacent to an activating group) is 1. The second-order valence-corrected chi connectivity index (χ2v) is 7.39. The van der Waals surface area contributed by atoms with E-state index in [-0.39, 0.29) is 0 Å². The molecule has 2 heterocycles. The minimum absolute atomic E-state index is 0.564. The summed E-state index contributed by atoms with van der Waals surface area (Å²) < 4.78 is 2.32. The zero-order valence-corrected chi connectivity index (χ0v) is 15.8. The van der Waals surface area contributed by atoms with Crippen molar-refractivity contribution in [1.82, 2.24) is 9.47 Å². The molecule has 3 aromatic rings. The Kier molecular flexibility index (Phi) is 4.58. The van der Waals surface area contributed by atoms with E-state index in [0.717, 1.165) is 30.6 Å². The molecule has 0 spiro atoms. The zero-order valence-electron chi connectivity index (χ0n) is 15.8. The third kappa shape index (κ3) is 3.40. The summed E-state index contributed by atoms with van der Waals surface area (Å²) in [6, 6.07) is 16.4. The highest BCUT2D eigenvalue weighted by molar-refractivity contribution is 5.91. The van der Waals surface area contributed by atoms with Gasteiger partial charge in [-0.05, 0) is 42.8 Å². The third-order valence-electron chi connectivity index (χ3n) is 5.37. The van der Waals surface area contributed by atoms with Crippen molar-refractivity contribution in [2.45, 2.75) is 26.4 Å². The van der Waals surface area contributed by atoms with Crippen LogP contribution in [0.2, 0.25) is 0 Å². The Balaban J connectivity index is 1.87. The van der Waals surface area contributed by atoms with Gasteiger partial charge in [0.15, 0.2) is 0 Å². The molecule has 0 bridgehead atoms. The number of fused-ring (bicyclic) bond motifs is 3. The summed E-state index contributed by atoms with van der Waals surface area (Å²) in [5.41, 5.74) is 6.93. The first-order chi connectivity index (χ1) is 13.0. The molecule has 0 saturated carbocycles. The molecule has 1 aromatic heterocycles. The summed E-state index contributed by atoms with van der Waals surface area (Å²) in [4.78, 5) is 13.8. The highest BCUT2D eigenvalue weighted by Gasteiger charge is 2.23.